The fourth-order valence-electron chi connectivity index (χ4n) is 0.864. The van der Waals surface area contributed by atoms with E-state index in [0.717, 1.165) is 0 Å². The third-order valence-corrected chi connectivity index (χ3v) is 1.57. The number of nitrogens with one attached hydrogen (secondary N) is 1. The van der Waals surface area contributed by atoms with Crippen LogP contribution >= 0.6 is 0 Å². The van der Waals surface area contributed by atoms with Gasteiger partial charge >= 0.3 is 24.0 Å². The number of carboxylic acid groups (broad SMARTS) is 2. The topological polar surface area (TPSA) is 113 Å². The third-order valence-electron chi connectivity index (χ3n) is 1.57. The smallest absolute Gasteiger partial charge is 0.436 e. The van der Waals surface area contributed by atoms with Crippen molar-refractivity contribution < 1.29 is 38.1 Å². The molecule has 1 unspecified atom stereocenters. The lowest BCUT2D eigenvalue weighted by Crippen LogP contribution is -2.50. The van der Waals surface area contributed by atoms with E-state index in [4.69, 9.17) is 10.2 Å². The Morgan fingerprint density at radius 1 is 1.35 bits per heavy atom. The molecule has 9 heteroatoms. The highest BCUT2D eigenvalue weighted by molar-refractivity contribution is 5.89. The van der Waals surface area contributed by atoms with Gasteiger partial charge in [0.05, 0.1) is 13.0 Å². The maximum Gasteiger partial charge on any atom is 0.436 e. The molecule has 1 amide bonds. The first-order valence-corrected chi connectivity index (χ1v) is 4.48. The fraction of sp³-hybridized carbons (Fsp3) is 0.625. The van der Waals surface area contributed by atoms with Crippen LogP contribution in [0.1, 0.15) is 13.3 Å². The monoisotopic (exact) mass is 255 g/mol. The van der Waals surface area contributed by atoms with E-state index in [2.05, 4.69) is 4.74 Å². The Bertz CT molecular complexity index is 319. The molecule has 1 atom stereocenters. The number of hydrogen-bond acceptors (Lipinski definition) is 4. The Morgan fingerprint density at radius 2 is 1.88 bits per heavy atom. The van der Waals surface area contributed by atoms with Crippen molar-refractivity contribution in [3.63, 3.8) is 0 Å². The SMILES string of the molecule is CCOC(F)(F)C(=O)NC(CC(=O)O)C(=O)O. The molecule has 0 aromatic carbocycles. The summed E-state index contributed by atoms with van der Waals surface area (Å²) < 4.78 is 29.4. The minimum atomic E-state index is -4.19. The number of carbonyl (C=O) groups excluding carboxylic acids is 1. The predicted molar refractivity (Wildman–Crippen MR) is 48.4 cm³/mol. The molecule has 0 aliphatic rings. The average molecular weight is 255 g/mol. The van der Waals surface area contributed by atoms with E-state index in [9.17, 15) is 23.2 Å². The van der Waals surface area contributed by atoms with Gasteiger partial charge < -0.3 is 20.3 Å². The molecule has 3 N–H and O–H groups in total. The zero-order chi connectivity index (χ0) is 13.6. The average Bonchev–Trinajstić information content (AvgIpc) is 2.15. The van der Waals surface area contributed by atoms with Gasteiger partial charge in [-0.15, -0.1) is 0 Å². The van der Waals surface area contributed by atoms with Gasteiger partial charge in [0.2, 0.25) is 0 Å². The van der Waals surface area contributed by atoms with Crippen LogP contribution in [0.2, 0.25) is 0 Å². The van der Waals surface area contributed by atoms with E-state index < -0.39 is 43.0 Å². The molecule has 0 aromatic heterocycles. The number of halogens is 2. The van der Waals surface area contributed by atoms with Crippen LogP contribution in [0.3, 0.4) is 0 Å². The molecule has 0 aliphatic heterocycles. The molecule has 0 rings (SSSR count). The molecule has 0 spiro atoms. The van der Waals surface area contributed by atoms with Gasteiger partial charge in [-0.2, -0.15) is 8.78 Å². The number of alkyl halides is 2. The number of carboxylic acids is 2. The summed E-state index contributed by atoms with van der Waals surface area (Å²) in [6.07, 6.45) is -5.20. The summed E-state index contributed by atoms with van der Waals surface area (Å²) in [5.41, 5.74) is 0. The van der Waals surface area contributed by atoms with Crippen molar-refractivity contribution in [2.24, 2.45) is 0 Å². The highest BCUT2D eigenvalue weighted by atomic mass is 19.3. The Labute approximate surface area is 94.4 Å². The van der Waals surface area contributed by atoms with Gasteiger partial charge in [-0.3, -0.25) is 9.59 Å². The summed E-state index contributed by atoms with van der Waals surface area (Å²) in [5, 5.41) is 18.2. The highest BCUT2D eigenvalue weighted by Gasteiger charge is 2.42. The van der Waals surface area contributed by atoms with E-state index in [0.29, 0.717) is 0 Å². The molecule has 98 valence electrons. The Hall–Kier alpha value is -1.77. The minimum absolute atomic E-state index is 0.461. The second kappa shape index (κ2) is 6.09. The molecular weight excluding hydrogens is 244 g/mol. The summed E-state index contributed by atoms with van der Waals surface area (Å²) in [6, 6.07) is -1.94. The molecular formula is C8H11F2NO6. The van der Waals surface area contributed by atoms with Crippen LogP contribution in [0.5, 0.6) is 0 Å². The summed E-state index contributed by atoms with van der Waals surface area (Å²) in [6.45, 7) is 0.754. The van der Waals surface area contributed by atoms with Crippen LogP contribution in [0.4, 0.5) is 8.78 Å². The number of amides is 1. The van der Waals surface area contributed by atoms with Crippen molar-refractivity contribution in [1.82, 2.24) is 5.32 Å². The van der Waals surface area contributed by atoms with Crippen molar-refractivity contribution in [1.29, 1.82) is 0 Å². The Balaban J connectivity index is 4.60. The Morgan fingerprint density at radius 3 is 2.24 bits per heavy atom. The van der Waals surface area contributed by atoms with Crippen molar-refractivity contribution in [2.75, 3.05) is 6.61 Å². The number of aliphatic carboxylic acids is 2. The largest absolute Gasteiger partial charge is 0.481 e. The molecule has 0 radical (unpaired) electrons. The predicted octanol–water partition coefficient (Wildman–Crippen LogP) is -0.340. The number of rotatable bonds is 7. The van der Waals surface area contributed by atoms with Crippen LogP contribution in [0, 0.1) is 0 Å². The summed E-state index contributed by atoms with van der Waals surface area (Å²) in [5.74, 6) is -5.27. The van der Waals surface area contributed by atoms with Gasteiger partial charge in [-0.05, 0) is 6.92 Å². The van der Waals surface area contributed by atoms with Crippen LogP contribution in [-0.2, 0) is 19.1 Å². The maximum atomic E-state index is 12.8. The van der Waals surface area contributed by atoms with E-state index in [1.807, 2.05) is 0 Å². The van der Waals surface area contributed by atoms with Gasteiger partial charge in [0.15, 0.2) is 0 Å². The van der Waals surface area contributed by atoms with Gasteiger partial charge in [0.1, 0.15) is 6.04 Å². The molecule has 0 saturated carbocycles. The van der Waals surface area contributed by atoms with Gasteiger partial charge in [0, 0.05) is 0 Å². The van der Waals surface area contributed by atoms with Crippen LogP contribution in [-0.4, -0.2) is 46.8 Å². The third kappa shape index (κ3) is 5.20. The van der Waals surface area contributed by atoms with Crippen molar-refractivity contribution in [3.05, 3.63) is 0 Å². The summed E-state index contributed by atoms with van der Waals surface area (Å²) >= 11 is 0. The van der Waals surface area contributed by atoms with Crippen molar-refractivity contribution >= 4 is 17.8 Å². The van der Waals surface area contributed by atoms with E-state index in [1.165, 1.54) is 12.2 Å². The maximum absolute atomic E-state index is 12.8. The zero-order valence-electron chi connectivity index (χ0n) is 8.77. The first-order valence-electron chi connectivity index (χ1n) is 4.48. The van der Waals surface area contributed by atoms with Crippen LogP contribution in [0.25, 0.3) is 0 Å². The van der Waals surface area contributed by atoms with Crippen LogP contribution in [0.15, 0.2) is 0 Å². The first kappa shape index (κ1) is 15.2. The first-order chi connectivity index (χ1) is 7.70. The molecule has 17 heavy (non-hydrogen) atoms. The quantitative estimate of drug-likeness (QED) is 0.573. The standard InChI is InChI=1S/C8H11F2NO6/c1-2-17-8(9,10)7(16)11-4(6(14)15)3-5(12)13/h4H,2-3H2,1H3,(H,11,16)(H,12,13)(H,14,15). The molecule has 0 bridgehead atoms. The fourth-order valence-corrected chi connectivity index (χ4v) is 0.864. The molecule has 0 aromatic rings. The van der Waals surface area contributed by atoms with E-state index >= 15 is 0 Å². The Kier molecular flexibility index (Phi) is 5.45. The van der Waals surface area contributed by atoms with Crippen molar-refractivity contribution in [2.45, 2.75) is 25.5 Å². The molecule has 0 fully saturated rings. The molecule has 0 aliphatic carbocycles. The summed E-state index contributed by atoms with van der Waals surface area (Å²) in [7, 11) is 0. The molecule has 0 heterocycles. The highest BCUT2D eigenvalue weighted by Crippen LogP contribution is 2.15. The summed E-state index contributed by atoms with van der Waals surface area (Å²) in [4.78, 5) is 31.6. The molecule has 0 saturated heterocycles. The normalized spacial score (nSPS) is 12.9. The molecule has 7 nitrogen and oxygen atoms in total. The van der Waals surface area contributed by atoms with Crippen molar-refractivity contribution in [3.8, 4) is 0 Å². The lowest BCUT2D eigenvalue weighted by atomic mass is 10.2. The lowest BCUT2D eigenvalue weighted by Gasteiger charge is -2.18. The van der Waals surface area contributed by atoms with E-state index in [-0.39, 0.29) is 0 Å². The van der Waals surface area contributed by atoms with Crippen LogP contribution < -0.4 is 5.32 Å². The number of ether oxygens (including phenoxy) is 1. The lowest BCUT2D eigenvalue weighted by molar-refractivity contribution is -0.229. The number of carbonyl (C=O) groups is 3. The van der Waals surface area contributed by atoms with Gasteiger partial charge in [-0.25, -0.2) is 4.79 Å². The zero-order valence-corrected chi connectivity index (χ0v) is 8.77. The van der Waals surface area contributed by atoms with E-state index in [1.54, 1.807) is 0 Å². The second-order valence-electron chi connectivity index (χ2n) is 2.91. The minimum Gasteiger partial charge on any atom is -0.481 e. The number of hydrogen-bond donors (Lipinski definition) is 3. The van der Waals surface area contributed by atoms with Gasteiger partial charge in [0.25, 0.3) is 0 Å². The van der Waals surface area contributed by atoms with Gasteiger partial charge in [-0.1, -0.05) is 0 Å². The second-order valence-corrected chi connectivity index (χ2v) is 2.91.